The third-order valence-electron chi connectivity index (χ3n) is 5.60. The number of nitrogens with two attached hydrogens (primary N) is 1. The summed E-state index contributed by atoms with van der Waals surface area (Å²) in [5, 5.41) is 0. The zero-order valence-corrected chi connectivity index (χ0v) is 13.3. The lowest BCUT2D eigenvalue weighted by Crippen LogP contribution is -2.49. The Hall–Kier alpha value is -0.970. The van der Waals surface area contributed by atoms with Crippen LogP contribution in [-0.4, -0.2) is 23.2 Å². The molecule has 116 valence electrons. The van der Waals surface area contributed by atoms with Gasteiger partial charge in [0.1, 0.15) is 0 Å². The lowest BCUT2D eigenvalue weighted by atomic mass is 9.72. The molecular formula is C17H27N3O. The van der Waals surface area contributed by atoms with Gasteiger partial charge in [0.25, 0.3) is 0 Å². The zero-order valence-electron chi connectivity index (χ0n) is 13.3. The van der Waals surface area contributed by atoms with E-state index in [2.05, 4.69) is 37.2 Å². The molecule has 4 heteroatoms. The molecule has 3 N–H and O–H groups in total. The number of nitrogens with zero attached hydrogens (tertiary/aromatic N) is 1. The summed E-state index contributed by atoms with van der Waals surface area (Å²) in [7, 11) is 0. The van der Waals surface area contributed by atoms with Crippen LogP contribution < -0.4 is 11.3 Å². The van der Waals surface area contributed by atoms with Crippen LogP contribution in [0.15, 0.2) is 18.3 Å². The Morgan fingerprint density at radius 3 is 2.81 bits per heavy atom. The molecule has 1 fully saturated rings. The number of hydrogen-bond donors (Lipinski definition) is 2. The number of aromatic nitrogens is 1. The number of hydrazine groups is 1. The van der Waals surface area contributed by atoms with E-state index in [1.807, 2.05) is 12.3 Å². The summed E-state index contributed by atoms with van der Waals surface area (Å²) in [5.74, 6) is 7.31. The molecule has 2 heterocycles. The van der Waals surface area contributed by atoms with Crippen molar-refractivity contribution in [2.45, 2.75) is 64.2 Å². The number of ether oxygens (including phenoxy) is 1. The molecule has 4 nitrogen and oxygen atoms in total. The van der Waals surface area contributed by atoms with E-state index in [0.717, 1.165) is 12.8 Å². The molecule has 21 heavy (non-hydrogen) atoms. The van der Waals surface area contributed by atoms with Crippen molar-refractivity contribution < 1.29 is 4.74 Å². The number of pyridine rings is 1. The standard InChI is InChI=1S/C17H27N3O/c1-10-11(2)21-12(3)15(10)17(20-18)14-8-4-6-13-7-5-9-19-16(13)14/h5,7,9-12,14-15,17,20H,4,6,8,18H2,1-3H3. The number of hydrogen-bond acceptors (Lipinski definition) is 4. The average Bonchev–Trinajstić information content (AvgIpc) is 2.75. The van der Waals surface area contributed by atoms with Gasteiger partial charge in [0.05, 0.1) is 12.2 Å². The predicted molar refractivity (Wildman–Crippen MR) is 83.7 cm³/mol. The van der Waals surface area contributed by atoms with Crippen LogP contribution in [0.25, 0.3) is 0 Å². The molecule has 1 aliphatic heterocycles. The lowest BCUT2D eigenvalue weighted by molar-refractivity contribution is 0.0458. The summed E-state index contributed by atoms with van der Waals surface area (Å²) in [6.45, 7) is 6.63. The van der Waals surface area contributed by atoms with E-state index in [-0.39, 0.29) is 12.1 Å². The van der Waals surface area contributed by atoms with E-state index in [9.17, 15) is 0 Å². The predicted octanol–water partition coefficient (Wildman–Crippen LogP) is 2.39. The Morgan fingerprint density at radius 2 is 2.14 bits per heavy atom. The highest BCUT2D eigenvalue weighted by molar-refractivity contribution is 5.28. The monoisotopic (exact) mass is 289 g/mol. The van der Waals surface area contributed by atoms with Crippen molar-refractivity contribution in [3.63, 3.8) is 0 Å². The van der Waals surface area contributed by atoms with Crippen molar-refractivity contribution in [1.29, 1.82) is 0 Å². The lowest BCUT2D eigenvalue weighted by Gasteiger charge is -2.37. The molecule has 0 saturated carbocycles. The number of nitrogens with one attached hydrogen (secondary N) is 1. The molecule has 0 spiro atoms. The fourth-order valence-corrected chi connectivity index (χ4v) is 4.40. The highest BCUT2D eigenvalue weighted by atomic mass is 16.5. The largest absolute Gasteiger partial charge is 0.375 e. The summed E-state index contributed by atoms with van der Waals surface area (Å²) >= 11 is 0. The molecule has 6 atom stereocenters. The summed E-state index contributed by atoms with van der Waals surface area (Å²) < 4.78 is 6.03. The number of fused-ring (bicyclic) bond motifs is 1. The van der Waals surface area contributed by atoms with Gasteiger partial charge in [0.2, 0.25) is 0 Å². The van der Waals surface area contributed by atoms with Gasteiger partial charge in [-0.15, -0.1) is 0 Å². The van der Waals surface area contributed by atoms with Crippen LogP contribution in [0.2, 0.25) is 0 Å². The molecule has 1 aliphatic carbocycles. The Kier molecular flexibility index (Phi) is 4.29. The van der Waals surface area contributed by atoms with Crippen molar-refractivity contribution in [2.75, 3.05) is 0 Å². The summed E-state index contributed by atoms with van der Waals surface area (Å²) in [5.41, 5.74) is 5.75. The van der Waals surface area contributed by atoms with Crippen molar-refractivity contribution in [2.24, 2.45) is 17.7 Å². The van der Waals surface area contributed by atoms with E-state index in [0.29, 0.717) is 23.9 Å². The zero-order chi connectivity index (χ0) is 15.0. The maximum absolute atomic E-state index is 6.03. The van der Waals surface area contributed by atoms with Crippen LogP contribution in [0.3, 0.4) is 0 Å². The first kappa shape index (κ1) is 14.9. The first-order valence-corrected chi connectivity index (χ1v) is 8.19. The van der Waals surface area contributed by atoms with Crippen molar-refractivity contribution >= 4 is 0 Å². The molecule has 0 radical (unpaired) electrons. The van der Waals surface area contributed by atoms with Gasteiger partial charge in [-0.25, -0.2) is 0 Å². The summed E-state index contributed by atoms with van der Waals surface area (Å²) in [6, 6.07) is 4.48. The van der Waals surface area contributed by atoms with Gasteiger partial charge >= 0.3 is 0 Å². The van der Waals surface area contributed by atoms with Gasteiger partial charge in [0, 0.05) is 29.8 Å². The van der Waals surface area contributed by atoms with E-state index < -0.39 is 0 Å². The molecule has 1 aromatic rings. The summed E-state index contributed by atoms with van der Waals surface area (Å²) in [4.78, 5) is 4.67. The molecule has 0 aromatic carbocycles. The number of rotatable bonds is 3. The average molecular weight is 289 g/mol. The van der Waals surface area contributed by atoms with Crippen LogP contribution in [-0.2, 0) is 11.2 Å². The van der Waals surface area contributed by atoms with E-state index >= 15 is 0 Å². The molecule has 1 aromatic heterocycles. The third-order valence-corrected chi connectivity index (χ3v) is 5.60. The molecule has 0 bridgehead atoms. The fraction of sp³-hybridized carbons (Fsp3) is 0.706. The molecule has 3 rings (SSSR count). The minimum atomic E-state index is 0.230. The maximum atomic E-state index is 6.03. The second-order valence-corrected chi connectivity index (χ2v) is 6.72. The Labute approximate surface area is 127 Å². The second-order valence-electron chi connectivity index (χ2n) is 6.72. The Morgan fingerprint density at radius 1 is 1.33 bits per heavy atom. The quantitative estimate of drug-likeness (QED) is 0.662. The third kappa shape index (κ3) is 2.60. The smallest absolute Gasteiger partial charge is 0.0598 e. The minimum Gasteiger partial charge on any atom is -0.375 e. The molecule has 2 aliphatic rings. The first-order valence-electron chi connectivity index (χ1n) is 8.19. The highest BCUT2D eigenvalue weighted by Crippen LogP contribution is 2.42. The van der Waals surface area contributed by atoms with Crippen LogP contribution >= 0.6 is 0 Å². The molecule has 1 saturated heterocycles. The highest BCUT2D eigenvalue weighted by Gasteiger charge is 2.45. The maximum Gasteiger partial charge on any atom is 0.0598 e. The molecular weight excluding hydrogens is 262 g/mol. The van der Waals surface area contributed by atoms with Gasteiger partial charge in [-0.05, 0) is 50.7 Å². The van der Waals surface area contributed by atoms with Crippen molar-refractivity contribution in [3.05, 3.63) is 29.6 Å². The van der Waals surface area contributed by atoms with E-state index in [4.69, 9.17) is 10.6 Å². The van der Waals surface area contributed by atoms with Gasteiger partial charge in [0.15, 0.2) is 0 Å². The Balaban J connectivity index is 1.91. The van der Waals surface area contributed by atoms with Gasteiger partial charge < -0.3 is 4.74 Å². The van der Waals surface area contributed by atoms with Gasteiger partial charge in [-0.2, -0.15) is 0 Å². The van der Waals surface area contributed by atoms with Crippen LogP contribution in [0.4, 0.5) is 0 Å². The van der Waals surface area contributed by atoms with Gasteiger partial charge in [-0.1, -0.05) is 13.0 Å². The Bertz CT molecular complexity index is 493. The van der Waals surface area contributed by atoms with E-state index in [1.54, 1.807) is 0 Å². The topological polar surface area (TPSA) is 60.2 Å². The fourth-order valence-electron chi connectivity index (χ4n) is 4.40. The van der Waals surface area contributed by atoms with Gasteiger partial charge in [-0.3, -0.25) is 16.3 Å². The second kappa shape index (κ2) is 6.03. The van der Waals surface area contributed by atoms with E-state index in [1.165, 1.54) is 17.7 Å². The summed E-state index contributed by atoms with van der Waals surface area (Å²) in [6.07, 6.45) is 5.96. The molecule has 6 unspecified atom stereocenters. The number of aryl methyl sites for hydroxylation is 1. The SMILES string of the molecule is CC1OC(C)C(C(NN)C2CCCc3cccnc32)C1C. The first-order chi connectivity index (χ1) is 10.1. The van der Waals surface area contributed by atoms with Crippen LogP contribution in [0.1, 0.15) is 50.8 Å². The van der Waals surface area contributed by atoms with Crippen LogP contribution in [0.5, 0.6) is 0 Å². The van der Waals surface area contributed by atoms with Crippen LogP contribution in [0, 0.1) is 11.8 Å². The van der Waals surface area contributed by atoms with Crippen molar-refractivity contribution in [1.82, 2.24) is 10.4 Å². The molecule has 0 amide bonds. The normalized spacial score (nSPS) is 37.2. The van der Waals surface area contributed by atoms with Crippen molar-refractivity contribution in [3.8, 4) is 0 Å². The minimum absolute atomic E-state index is 0.230.